The van der Waals surface area contributed by atoms with Crippen molar-refractivity contribution in [2.75, 3.05) is 5.32 Å². The lowest BCUT2D eigenvalue weighted by Crippen LogP contribution is -2.11. The van der Waals surface area contributed by atoms with Gasteiger partial charge in [-0.15, -0.1) is 10.2 Å². The van der Waals surface area contributed by atoms with E-state index in [1.807, 2.05) is 24.3 Å². The average Bonchev–Trinajstić information content (AvgIpc) is 3.02. The third kappa shape index (κ3) is 4.62. The highest BCUT2D eigenvalue weighted by Crippen LogP contribution is 2.28. The largest absolute Gasteiger partial charge is 0.296 e. The molecule has 3 rings (SSSR count). The number of carbonyl (C=O) groups excluding carboxylic acids is 1. The van der Waals surface area contributed by atoms with Gasteiger partial charge in [-0.05, 0) is 42.0 Å². The number of hydrogen-bond acceptors (Lipinski definition) is 5. The van der Waals surface area contributed by atoms with Gasteiger partial charge in [-0.25, -0.2) is 4.39 Å². The topological polar surface area (TPSA) is 54.9 Å². The summed E-state index contributed by atoms with van der Waals surface area (Å²) in [4.78, 5) is 12.0. The second kappa shape index (κ2) is 7.87. The zero-order valence-corrected chi connectivity index (χ0v) is 15.4. The molecule has 0 fully saturated rings. The zero-order valence-electron chi connectivity index (χ0n) is 12.2. The van der Waals surface area contributed by atoms with Crippen molar-refractivity contribution in [1.29, 1.82) is 0 Å². The monoisotopic (exact) mass is 423 g/mol. The Kier molecular flexibility index (Phi) is 5.60. The standard InChI is InChI=1S/C16H11BrFN3OS2/c17-12-5-1-10(2-6-12)9-23-16-21-20-15(24-16)19-14(22)11-3-7-13(18)8-4-11/h1-8H,9H2,(H,19,20,22). The van der Waals surface area contributed by atoms with Crippen molar-refractivity contribution in [1.82, 2.24) is 10.2 Å². The highest BCUT2D eigenvalue weighted by molar-refractivity contribution is 9.10. The highest BCUT2D eigenvalue weighted by atomic mass is 79.9. The SMILES string of the molecule is O=C(Nc1nnc(SCc2ccc(Br)cc2)s1)c1ccc(F)cc1. The second-order valence-electron chi connectivity index (χ2n) is 4.75. The van der Waals surface area contributed by atoms with Gasteiger partial charge in [0.25, 0.3) is 5.91 Å². The van der Waals surface area contributed by atoms with E-state index in [1.165, 1.54) is 41.2 Å². The number of anilines is 1. The Balaban J connectivity index is 1.58. The summed E-state index contributed by atoms with van der Waals surface area (Å²) in [5, 5.41) is 11.1. The number of hydrogen-bond donors (Lipinski definition) is 1. The van der Waals surface area contributed by atoms with Crippen LogP contribution in [0.4, 0.5) is 9.52 Å². The quantitative estimate of drug-likeness (QED) is 0.464. The fraction of sp³-hybridized carbons (Fsp3) is 0.0625. The summed E-state index contributed by atoms with van der Waals surface area (Å²) >= 11 is 6.26. The molecule has 4 nitrogen and oxygen atoms in total. The van der Waals surface area contributed by atoms with Crippen LogP contribution in [-0.2, 0) is 5.75 Å². The summed E-state index contributed by atoms with van der Waals surface area (Å²) in [5.74, 6) is 0.0538. The molecule has 0 aliphatic heterocycles. The first kappa shape index (κ1) is 17.1. The number of carbonyl (C=O) groups is 1. The smallest absolute Gasteiger partial charge is 0.257 e. The zero-order chi connectivity index (χ0) is 16.9. The fourth-order valence-corrected chi connectivity index (χ4v) is 3.78. The molecule has 1 aromatic heterocycles. The van der Waals surface area contributed by atoms with Crippen LogP contribution >= 0.6 is 39.0 Å². The number of halogens is 2. The minimum atomic E-state index is -0.380. The second-order valence-corrected chi connectivity index (χ2v) is 7.86. The van der Waals surface area contributed by atoms with E-state index < -0.39 is 0 Å². The molecule has 1 heterocycles. The molecule has 1 N–H and O–H groups in total. The van der Waals surface area contributed by atoms with E-state index in [0.29, 0.717) is 10.7 Å². The summed E-state index contributed by atoms with van der Waals surface area (Å²) in [5.41, 5.74) is 1.55. The van der Waals surface area contributed by atoms with E-state index in [9.17, 15) is 9.18 Å². The van der Waals surface area contributed by atoms with Crippen LogP contribution in [0.15, 0.2) is 57.3 Å². The molecule has 0 atom stereocenters. The van der Waals surface area contributed by atoms with Gasteiger partial charge >= 0.3 is 0 Å². The molecule has 24 heavy (non-hydrogen) atoms. The molecule has 1 amide bonds. The molecule has 0 saturated heterocycles. The molecule has 0 saturated carbocycles. The highest BCUT2D eigenvalue weighted by Gasteiger charge is 2.10. The molecule has 0 aliphatic rings. The van der Waals surface area contributed by atoms with E-state index in [-0.39, 0.29) is 11.7 Å². The van der Waals surface area contributed by atoms with Crippen molar-refractivity contribution in [2.24, 2.45) is 0 Å². The molecular formula is C16H11BrFN3OS2. The molecule has 0 radical (unpaired) electrons. The molecule has 2 aromatic carbocycles. The van der Waals surface area contributed by atoms with Crippen LogP contribution in [-0.4, -0.2) is 16.1 Å². The van der Waals surface area contributed by atoms with Crippen LogP contribution in [0.3, 0.4) is 0 Å². The minimum absolute atomic E-state index is 0.337. The van der Waals surface area contributed by atoms with Crippen molar-refractivity contribution < 1.29 is 9.18 Å². The molecule has 3 aromatic rings. The molecule has 0 unspecified atom stereocenters. The Morgan fingerprint density at radius 3 is 2.54 bits per heavy atom. The predicted octanol–water partition coefficient (Wildman–Crippen LogP) is 4.98. The molecular weight excluding hydrogens is 413 g/mol. The van der Waals surface area contributed by atoms with Crippen molar-refractivity contribution in [3.63, 3.8) is 0 Å². The summed E-state index contributed by atoms with van der Waals surface area (Å²) in [6.07, 6.45) is 0. The van der Waals surface area contributed by atoms with Crippen LogP contribution < -0.4 is 5.32 Å². The first-order chi connectivity index (χ1) is 11.6. The lowest BCUT2D eigenvalue weighted by Gasteiger charge is -2.00. The van der Waals surface area contributed by atoms with Gasteiger partial charge in [0, 0.05) is 15.8 Å². The Morgan fingerprint density at radius 1 is 1.12 bits per heavy atom. The first-order valence-electron chi connectivity index (χ1n) is 6.88. The maximum Gasteiger partial charge on any atom is 0.257 e. The number of nitrogens with one attached hydrogen (secondary N) is 1. The van der Waals surface area contributed by atoms with Gasteiger partial charge in [-0.1, -0.05) is 51.2 Å². The number of thioether (sulfide) groups is 1. The van der Waals surface area contributed by atoms with Crippen LogP contribution in [0, 0.1) is 5.82 Å². The Bertz CT molecular complexity index is 837. The van der Waals surface area contributed by atoms with Gasteiger partial charge < -0.3 is 0 Å². The fourth-order valence-electron chi connectivity index (χ4n) is 1.81. The van der Waals surface area contributed by atoms with Gasteiger partial charge in [0.2, 0.25) is 5.13 Å². The van der Waals surface area contributed by atoms with Crippen LogP contribution in [0.25, 0.3) is 0 Å². The average molecular weight is 424 g/mol. The van der Waals surface area contributed by atoms with E-state index in [1.54, 1.807) is 11.8 Å². The summed E-state index contributed by atoms with van der Waals surface area (Å²) < 4.78 is 14.7. The number of rotatable bonds is 5. The van der Waals surface area contributed by atoms with E-state index in [2.05, 4.69) is 31.4 Å². The number of nitrogens with zero attached hydrogens (tertiary/aromatic N) is 2. The lowest BCUT2D eigenvalue weighted by atomic mass is 10.2. The maximum absolute atomic E-state index is 12.9. The third-order valence-electron chi connectivity index (χ3n) is 3.01. The van der Waals surface area contributed by atoms with Crippen LogP contribution in [0.1, 0.15) is 15.9 Å². The van der Waals surface area contributed by atoms with E-state index in [4.69, 9.17) is 0 Å². The van der Waals surface area contributed by atoms with Gasteiger partial charge in [-0.3, -0.25) is 10.1 Å². The van der Waals surface area contributed by atoms with Gasteiger partial charge in [0.15, 0.2) is 4.34 Å². The first-order valence-corrected chi connectivity index (χ1v) is 9.47. The number of aromatic nitrogens is 2. The van der Waals surface area contributed by atoms with Crippen molar-refractivity contribution in [2.45, 2.75) is 10.1 Å². The molecule has 0 bridgehead atoms. The Hall–Kier alpha value is -1.77. The summed E-state index contributed by atoms with van der Waals surface area (Å²) in [6, 6.07) is 13.4. The maximum atomic E-state index is 12.9. The van der Waals surface area contributed by atoms with E-state index in [0.717, 1.165) is 14.6 Å². The van der Waals surface area contributed by atoms with Crippen molar-refractivity contribution in [3.05, 3.63) is 69.9 Å². The lowest BCUT2D eigenvalue weighted by molar-refractivity contribution is 0.102. The molecule has 8 heteroatoms. The molecule has 0 aliphatic carbocycles. The van der Waals surface area contributed by atoms with Crippen LogP contribution in [0.2, 0.25) is 0 Å². The van der Waals surface area contributed by atoms with Gasteiger partial charge in [0.1, 0.15) is 5.82 Å². The van der Waals surface area contributed by atoms with E-state index >= 15 is 0 Å². The molecule has 122 valence electrons. The summed E-state index contributed by atoms with van der Waals surface area (Å²) in [6.45, 7) is 0. The Morgan fingerprint density at radius 2 is 1.83 bits per heavy atom. The summed E-state index contributed by atoms with van der Waals surface area (Å²) in [7, 11) is 0. The predicted molar refractivity (Wildman–Crippen MR) is 98.0 cm³/mol. The minimum Gasteiger partial charge on any atom is -0.296 e. The molecule has 0 spiro atoms. The Labute approximate surface area is 154 Å². The van der Waals surface area contributed by atoms with Crippen molar-refractivity contribution in [3.8, 4) is 0 Å². The van der Waals surface area contributed by atoms with Crippen molar-refractivity contribution >= 4 is 50.1 Å². The van der Waals surface area contributed by atoms with Gasteiger partial charge in [-0.2, -0.15) is 0 Å². The number of benzene rings is 2. The van der Waals surface area contributed by atoms with Gasteiger partial charge in [0.05, 0.1) is 0 Å². The van der Waals surface area contributed by atoms with Crippen LogP contribution in [0.5, 0.6) is 0 Å². The third-order valence-corrected chi connectivity index (χ3v) is 5.58. The number of amides is 1. The normalized spacial score (nSPS) is 10.6.